The lowest BCUT2D eigenvalue weighted by Gasteiger charge is -1.96. The van der Waals surface area contributed by atoms with Gasteiger partial charge in [0.1, 0.15) is 5.75 Å². The summed E-state index contributed by atoms with van der Waals surface area (Å²) in [6.07, 6.45) is 0. The summed E-state index contributed by atoms with van der Waals surface area (Å²) in [6.45, 7) is 0. The predicted molar refractivity (Wildman–Crippen MR) is 62.5 cm³/mol. The second kappa shape index (κ2) is 3.83. The number of ether oxygens (including phenoxy) is 1. The zero-order valence-corrected chi connectivity index (χ0v) is 10.2. The number of rotatable bonds is 1. The Hall–Kier alpha value is -1.07. The highest BCUT2D eigenvalue weighted by Gasteiger charge is 2.19. The van der Waals surface area contributed by atoms with Crippen LogP contribution in [0.15, 0.2) is 22.7 Å². The molecule has 1 aromatic carbocycles. The molecule has 78 valence electrons. The molecule has 0 aliphatic rings. The van der Waals surface area contributed by atoms with Gasteiger partial charge in [0, 0.05) is 14.6 Å². The van der Waals surface area contributed by atoms with Crippen molar-refractivity contribution in [2.75, 3.05) is 7.11 Å². The lowest BCUT2D eigenvalue weighted by Crippen LogP contribution is -1.97. The van der Waals surface area contributed by atoms with Crippen molar-refractivity contribution in [3.63, 3.8) is 0 Å². The average molecular weight is 287 g/mol. The number of hydrogen-bond acceptors (Lipinski definition) is 4. The van der Waals surface area contributed by atoms with Crippen molar-refractivity contribution >= 4 is 43.3 Å². The molecule has 0 aliphatic heterocycles. The molecular weight excluding hydrogens is 280 g/mol. The number of hydrogen-bond donors (Lipinski definition) is 1. The Kier molecular flexibility index (Phi) is 2.67. The number of carbonyl (C=O) groups excluding carboxylic acids is 1. The van der Waals surface area contributed by atoms with Crippen molar-refractivity contribution in [1.29, 1.82) is 0 Å². The Labute approximate surface area is 98.4 Å². The molecule has 2 aromatic rings. The molecule has 3 nitrogen and oxygen atoms in total. The van der Waals surface area contributed by atoms with Crippen molar-refractivity contribution in [2.45, 2.75) is 0 Å². The van der Waals surface area contributed by atoms with E-state index in [9.17, 15) is 9.90 Å². The maximum Gasteiger partial charge on any atom is 0.351 e. The Balaban J connectivity index is 2.75. The molecular formula is C10H7BrO3S. The standard InChI is InChI=1S/C10H7BrO3S/c1-14-10(13)9-8(12)7-5(11)3-2-4-6(7)15-9/h2-4,12H,1H3. The molecule has 0 unspecified atom stereocenters. The highest BCUT2D eigenvalue weighted by atomic mass is 79.9. The zero-order valence-electron chi connectivity index (χ0n) is 7.78. The molecule has 15 heavy (non-hydrogen) atoms. The fourth-order valence-electron chi connectivity index (χ4n) is 1.32. The van der Waals surface area contributed by atoms with Gasteiger partial charge in [-0.1, -0.05) is 6.07 Å². The highest BCUT2D eigenvalue weighted by molar-refractivity contribution is 9.10. The molecule has 0 atom stereocenters. The van der Waals surface area contributed by atoms with Gasteiger partial charge in [0.15, 0.2) is 4.88 Å². The van der Waals surface area contributed by atoms with E-state index in [4.69, 9.17) is 0 Å². The number of carbonyl (C=O) groups is 1. The van der Waals surface area contributed by atoms with Gasteiger partial charge in [-0.15, -0.1) is 11.3 Å². The number of esters is 1. The van der Waals surface area contributed by atoms with E-state index in [0.717, 1.165) is 9.17 Å². The van der Waals surface area contributed by atoms with Crippen LogP contribution >= 0.6 is 27.3 Å². The van der Waals surface area contributed by atoms with Crippen molar-refractivity contribution < 1.29 is 14.6 Å². The third-order valence-corrected chi connectivity index (χ3v) is 3.80. The third kappa shape index (κ3) is 1.61. The largest absolute Gasteiger partial charge is 0.505 e. The molecule has 5 heteroatoms. The maximum atomic E-state index is 11.3. The highest BCUT2D eigenvalue weighted by Crippen LogP contribution is 2.40. The summed E-state index contributed by atoms with van der Waals surface area (Å²) in [7, 11) is 1.29. The second-order valence-electron chi connectivity index (χ2n) is 2.88. The van der Waals surface area contributed by atoms with E-state index in [2.05, 4.69) is 20.7 Å². The molecule has 2 rings (SSSR count). The van der Waals surface area contributed by atoms with Crippen molar-refractivity contribution in [1.82, 2.24) is 0 Å². The van der Waals surface area contributed by atoms with Crippen LogP contribution in [-0.4, -0.2) is 18.2 Å². The summed E-state index contributed by atoms with van der Waals surface area (Å²) in [5.41, 5.74) is 0. The fraction of sp³-hybridized carbons (Fsp3) is 0.100. The molecule has 0 aliphatic carbocycles. The van der Waals surface area contributed by atoms with Crippen LogP contribution in [0, 0.1) is 0 Å². The number of aromatic hydroxyl groups is 1. The van der Waals surface area contributed by atoms with Gasteiger partial charge in [-0.05, 0) is 28.1 Å². The van der Waals surface area contributed by atoms with E-state index >= 15 is 0 Å². The number of fused-ring (bicyclic) bond motifs is 1. The Bertz CT molecular complexity index is 533. The minimum Gasteiger partial charge on any atom is -0.505 e. The first kappa shape index (κ1) is 10.4. The summed E-state index contributed by atoms with van der Waals surface area (Å²) in [6, 6.07) is 5.51. The quantitative estimate of drug-likeness (QED) is 0.819. The first-order chi connectivity index (χ1) is 7.15. The van der Waals surface area contributed by atoms with Crippen LogP contribution in [0.3, 0.4) is 0 Å². The van der Waals surface area contributed by atoms with E-state index in [1.165, 1.54) is 18.4 Å². The van der Waals surface area contributed by atoms with Gasteiger partial charge >= 0.3 is 5.97 Å². The molecule has 0 bridgehead atoms. The minimum atomic E-state index is -0.513. The van der Waals surface area contributed by atoms with Gasteiger partial charge in [-0.2, -0.15) is 0 Å². The number of thiophene rings is 1. The predicted octanol–water partition coefficient (Wildman–Crippen LogP) is 3.16. The SMILES string of the molecule is COC(=O)c1sc2cccc(Br)c2c1O. The van der Waals surface area contributed by atoms with Gasteiger partial charge in [0.25, 0.3) is 0 Å². The Morgan fingerprint density at radius 2 is 2.27 bits per heavy atom. The summed E-state index contributed by atoms with van der Waals surface area (Å²) in [5.74, 6) is -0.532. The molecule has 1 aromatic heterocycles. The topological polar surface area (TPSA) is 46.5 Å². The molecule has 0 amide bonds. The normalized spacial score (nSPS) is 10.5. The van der Waals surface area contributed by atoms with Crippen LogP contribution in [0.1, 0.15) is 9.67 Å². The van der Waals surface area contributed by atoms with Crippen LogP contribution in [0.4, 0.5) is 0 Å². The molecule has 1 N–H and O–H groups in total. The molecule has 0 spiro atoms. The van der Waals surface area contributed by atoms with E-state index in [0.29, 0.717) is 5.39 Å². The van der Waals surface area contributed by atoms with E-state index in [1.54, 1.807) is 0 Å². The second-order valence-corrected chi connectivity index (χ2v) is 4.79. The lowest BCUT2D eigenvalue weighted by molar-refractivity contribution is 0.0603. The fourth-order valence-corrected chi connectivity index (χ4v) is 3.05. The van der Waals surface area contributed by atoms with Crippen LogP contribution in [-0.2, 0) is 4.74 Å². The molecule has 0 radical (unpaired) electrons. The summed E-state index contributed by atoms with van der Waals surface area (Å²) in [5, 5.41) is 10.5. The monoisotopic (exact) mass is 286 g/mol. The summed E-state index contributed by atoms with van der Waals surface area (Å²) in [4.78, 5) is 11.6. The van der Waals surface area contributed by atoms with Crippen LogP contribution in [0.2, 0.25) is 0 Å². The molecule has 0 saturated carbocycles. The smallest absolute Gasteiger partial charge is 0.351 e. The van der Waals surface area contributed by atoms with Gasteiger partial charge in [-0.3, -0.25) is 0 Å². The Morgan fingerprint density at radius 1 is 1.53 bits per heavy atom. The molecule has 0 fully saturated rings. The summed E-state index contributed by atoms with van der Waals surface area (Å²) < 4.78 is 6.20. The van der Waals surface area contributed by atoms with Crippen LogP contribution in [0.25, 0.3) is 10.1 Å². The Morgan fingerprint density at radius 3 is 2.87 bits per heavy atom. The number of halogens is 1. The average Bonchev–Trinajstić information content (AvgIpc) is 2.56. The maximum absolute atomic E-state index is 11.3. The van der Waals surface area contributed by atoms with Crippen LogP contribution < -0.4 is 0 Å². The zero-order chi connectivity index (χ0) is 11.0. The van der Waals surface area contributed by atoms with Gasteiger partial charge in [-0.25, -0.2) is 4.79 Å². The van der Waals surface area contributed by atoms with Gasteiger partial charge < -0.3 is 9.84 Å². The number of methoxy groups -OCH3 is 1. The van der Waals surface area contributed by atoms with E-state index in [1.807, 2.05) is 18.2 Å². The van der Waals surface area contributed by atoms with Crippen molar-refractivity contribution in [3.05, 3.63) is 27.5 Å². The lowest BCUT2D eigenvalue weighted by atomic mass is 10.2. The number of benzene rings is 1. The summed E-state index contributed by atoms with van der Waals surface area (Å²) >= 11 is 4.54. The van der Waals surface area contributed by atoms with E-state index < -0.39 is 5.97 Å². The van der Waals surface area contributed by atoms with E-state index in [-0.39, 0.29) is 10.6 Å². The van der Waals surface area contributed by atoms with Crippen molar-refractivity contribution in [2.24, 2.45) is 0 Å². The van der Waals surface area contributed by atoms with Gasteiger partial charge in [0.05, 0.1) is 7.11 Å². The van der Waals surface area contributed by atoms with Crippen LogP contribution in [0.5, 0.6) is 5.75 Å². The molecule has 0 saturated heterocycles. The van der Waals surface area contributed by atoms with Gasteiger partial charge in [0.2, 0.25) is 0 Å². The first-order valence-electron chi connectivity index (χ1n) is 4.13. The third-order valence-electron chi connectivity index (χ3n) is 2.01. The van der Waals surface area contributed by atoms with Crippen molar-refractivity contribution in [3.8, 4) is 5.75 Å². The minimum absolute atomic E-state index is 0.0191. The first-order valence-corrected chi connectivity index (χ1v) is 5.74. The molecule has 1 heterocycles.